The van der Waals surface area contributed by atoms with Gasteiger partial charge in [0, 0.05) is 11.1 Å². The van der Waals surface area contributed by atoms with Crippen LogP contribution in [0.25, 0.3) is 17.4 Å². The maximum absolute atomic E-state index is 13.2. The molecule has 2 amide bonds. The van der Waals surface area contributed by atoms with Gasteiger partial charge in [0.15, 0.2) is 10.9 Å². The van der Waals surface area contributed by atoms with Gasteiger partial charge in [0.1, 0.15) is 17.1 Å². The number of thiocarbonyl (C=S) groups is 1. The first-order chi connectivity index (χ1) is 15.2. The summed E-state index contributed by atoms with van der Waals surface area (Å²) in [6.07, 6.45) is 1.41. The fourth-order valence-electron chi connectivity index (χ4n) is 3.53. The molecule has 32 heavy (non-hydrogen) atoms. The van der Waals surface area contributed by atoms with Crippen molar-refractivity contribution in [2.75, 3.05) is 4.90 Å². The van der Waals surface area contributed by atoms with Crippen molar-refractivity contribution in [3.8, 4) is 11.3 Å². The average molecular weight is 445 g/mol. The molecule has 1 aliphatic heterocycles. The largest absolute Gasteiger partial charge is 0.457 e. The second-order valence-corrected chi connectivity index (χ2v) is 7.97. The number of Topliss-reactive ketones (excluding diaryl/α,β-unsaturated/α-hetero) is 1. The molecular formula is C25H20N2O4S. The quantitative estimate of drug-likeness (QED) is 0.275. The second-order valence-electron chi connectivity index (χ2n) is 7.58. The minimum absolute atomic E-state index is 0.0190. The zero-order valence-electron chi connectivity index (χ0n) is 17.8. The molecule has 6 nitrogen and oxygen atoms in total. The molecule has 1 fully saturated rings. The summed E-state index contributed by atoms with van der Waals surface area (Å²) in [5.41, 5.74) is 3.84. The predicted octanol–water partition coefficient (Wildman–Crippen LogP) is 4.60. The van der Waals surface area contributed by atoms with Crippen molar-refractivity contribution in [2.24, 2.45) is 0 Å². The molecule has 7 heteroatoms. The number of nitrogens with one attached hydrogen (secondary N) is 1. The number of hydrogen-bond acceptors (Lipinski definition) is 5. The summed E-state index contributed by atoms with van der Waals surface area (Å²) in [6.45, 7) is 5.35. The molecule has 4 rings (SSSR count). The molecule has 2 aromatic carbocycles. The number of carbonyl (C=O) groups is 3. The van der Waals surface area contributed by atoms with E-state index in [9.17, 15) is 14.4 Å². The summed E-state index contributed by atoms with van der Waals surface area (Å²) in [5.74, 6) is -0.214. The van der Waals surface area contributed by atoms with Crippen molar-refractivity contribution in [3.63, 3.8) is 0 Å². The molecule has 0 saturated carbocycles. The lowest BCUT2D eigenvalue weighted by atomic mass is 10.1. The molecule has 1 N–H and O–H groups in total. The van der Waals surface area contributed by atoms with Gasteiger partial charge in [-0.1, -0.05) is 42.0 Å². The van der Waals surface area contributed by atoms with E-state index in [4.69, 9.17) is 16.6 Å². The summed E-state index contributed by atoms with van der Waals surface area (Å²) in [5, 5.41) is 2.62. The summed E-state index contributed by atoms with van der Waals surface area (Å²) in [6, 6.07) is 16.1. The van der Waals surface area contributed by atoms with Gasteiger partial charge in [-0.3, -0.25) is 24.6 Å². The van der Waals surface area contributed by atoms with Gasteiger partial charge in [0.25, 0.3) is 11.8 Å². The van der Waals surface area contributed by atoms with E-state index in [0.29, 0.717) is 22.8 Å². The van der Waals surface area contributed by atoms with E-state index in [0.717, 1.165) is 16.7 Å². The van der Waals surface area contributed by atoms with Crippen LogP contribution in [0.3, 0.4) is 0 Å². The fraction of sp³-hybridized carbons (Fsp3) is 0.120. The van der Waals surface area contributed by atoms with Gasteiger partial charge in [-0.15, -0.1) is 0 Å². The maximum Gasteiger partial charge on any atom is 0.270 e. The normalized spacial score (nSPS) is 15.3. The fourth-order valence-corrected chi connectivity index (χ4v) is 3.80. The first-order valence-corrected chi connectivity index (χ1v) is 10.4. The minimum atomic E-state index is -0.579. The molecule has 1 saturated heterocycles. The number of carbonyl (C=O) groups excluding carboxylic acids is 3. The van der Waals surface area contributed by atoms with Gasteiger partial charge in [-0.2, -0.15) is 0 Å². The monoisotopic (exact) mass is 444 g/mol. The van der Waals surface area contributed by atoms with Crippen LogP contribution in [0.5, 0.6) is 0 Å². The van der Waals surface area contributed by atoms with Crippen LogP contribution < -0.4 is 10.2 Å². The van der Waals surface area contributed by atoms with Gasteiger partial charge in [0.05, 0.1) is 5.69 Å². The third-order valence-corrected chi connectivity index (χ3v) is 5.47. The van der Waals surface area contributed by atoms with Crippen molar-refractivity contribution in [1.29, 1.82) is 0 Å². The Bertz CT molecular complexity index is 1300. The van der Waals surface area contributed by atoms with Crippen LogP contribution in [0.2, 0.25) is 0 Å². The number of nitrogens with zero attached hydrogens (tertiary/aromatic N) is 1. The minimum Gasteiger partial charge on any atom is -0.457 e. The lowest BCUT2D eigenvalue weighted by molar-refractivity contribution is -0.122. The highest BCUT2D eigenvalue weighted by Gasteiger charge is 2.35. The Kier molecular flexibility index (Phi) is 5.59. The molecular weight excluding hydrogens is 424 g/mol. The van der Waals surface area contributed by atoms with E-state index in [1.54, 1.807) is 42.5 Å². The molecule has 1 aromatic heterocycles. The Morgan fingerprint density at radius 1 is 1.03 bits per heavy atom. The van der Waals surface area contributed by atoms with Crippen molar-refractivity contribution in [1.82, 2.24) is 5.32 Å². The van der Waals surface area contributed by atoms with Crippen LogP contribution in [-0.4, -0.2) is 22.7 Å². The molecule has 0 aliphatic carbocycles. The average Bonchev–Trinajstić information content (AvgIpc) is 3.21. The molecule has 160 valence electrons. The van der Waals surface area contributed by atoms with Crippen LogP contribution in [0.1, 0.15) is 34.2 Å². The van der Waals surface area contributed by atoms with Gasteiger partial charge in [0.2, 0.25) is 0 Å². The van der Waals surface area contributed by atoms with Gasteiger partial charge in [-0.25, -0.2) is 0 Å². The van der Waals surface area contributed by atoms with Crippen LogP contribution in [-0.2, 0) is 9.59 Å². The van der Waals surface area contributed by atoms with E-state index >= 15 is 0 Å². The molecule has 3 aromatic rings. The highest BCUT2D eigenvalue weighted by molar-refractivity contribution is 7.80. The molecule has 0 atom stereocenters. The van der Waals surface area contributed by atoms with Crippen molar-refractivity contribution in [2.45, 2.75) is 20.8 Å². The first kappa shape index (κ1) is 21.4. The zero-order chi connectivity index (χ0) is 23.0. The first-order valence-electron chi connectivity index (χ1n) is 9.94. The summed E-state index contributed by atoms with van der Waals surface area (Å²) < 4.78 is 5.83. The SMILES string of the molecule is CC(=O)c1ccc(-c2ccc(/C=C3\C(=O)NC(=S)N(c4ccc(C)cc4C)C3=O)o2)cc1. The van der Waals surface area contributed by atoms with E-state index in [-0.39, 0.29) is 16.5 Å². The van der Waals surface area contributed by atoms with E-state index in [1.807, 2.05) is 26.0 Å². The number of furan rings is 1. The Morgan fingerprint density at radius 2 is 1.75 bits per heavy atom. The Hall–Kier alpha value is -3.84. The molecule has 0 radical (unpaired) electrons. The lowest BCUT2D eigenvalue weighted by Gasteiger charge is -2.30. The molecule has 0 spiro atoms. The molecule has 0 unspecified atom stereocenters. The van der Waals surface area contributed by atoms with Crippen LogP contribution >= 0.6 is 12.2 Å². The van der Waals surface area contributed by atoms with Crippen LogP contribution in [0.15, 0.2) is 64.6 Å². The topological polar surface area (TPSA) is 79.6 Å². The standard InChI is InChI=1S/C25H20N2O4S/c1-14-4-10-21(15(2)12-14)27-24(30)20(23(29)26-25(27)32)13-19-9-11-22(31-19)18-7-5-17(6-8-18)16(3)28/h4-13H,1-3H3,(H,26,29,32)/b20-13+. The van der Waals surface area contributed by atoms with Crippen molar-refractivity contribution in [3.05, 3.63) is 82.6 Å². The van der Waals surface area contributed by atoms with Gasteiger partial charge in [-0.05, 0) is 62.8 Å². The molecule has 1 aliphatic rings. The van der Waals surface area contributed by atoms with E-state index in [1.165, 1.54) is 17.9 Å². The third-order valence-electron chi connectivity index (χ3n) is 5.18. The number of benzene rings is 2. The number of aryl methyl sites for hydroxylation is 2. The van der Waals surface area contributed by atoms with Crippen molar-refractivity contribution >= 4 is 46.7 Å². The Balaban J connectivity index is 1.66. The number of rotatable bonds is 4. The molecule has 0 bridgehead atoms. The lowest BCUT2D eigenvalue weighted by Crippen LogP contribution is -2.54. The Labute approximate surface area is 190 Å². The predicted molar refractivity (Wildman–Crippen MR) is 126 cm³/mol. The maximum atomic E-state index is 13.2. The van der Waals surface area contributed by atoms with Crippen molar-refractivity contribution < 1.29 is 18.8 Å². The summed E-state index contributed by atoms with van der Waals surface area (Å²) in [4.78, 5) is 38.5. The van der Waals surface area contributed by atoms with Gasteiger partial charge >= 0.3 is 0 Å². The zero-order valence-corrected chi connectivity index (χ0v) is 18.6. The third kappa shape index (κ3) is 4.02. The van der Waals surface area contributed by atoms with Crippen LogP contribution in [0.4, 0.5) is 5.69 Å². The number of hydrogen-bond donors (Lipinski definition) is 1. The highest BCUT2D eigenvalue weighted by atomic mass is 32.1. The number of amides is 2. The highest BCUT2D eigenvalue weighted by Crippen LogP contribution is 2.28. The van der Waals surface area contributed by atoms with E-state index in [2.05, 4.69) is 5.32 Å². The molecule has 2 heterocycles. The number of ketones is 1. The Morgan fingerprint density at radius 3 is 2.41 bits per heavy atom. The summed E-state index contributed by atoms with van der Waals surface area (Å²) in [7, 11) is 0. The number of anilines is 1. The second kappa shape index (κ2) is 8.36. The summed E-state index contributed by atoms with van der Waals surface area (Å²) >= 11 is 5.27. The van der Waals surface area contributed by atoms with Crippen LogP contribution in [0, 0.1) is 13.8 Å². The van der Waals surface area contributed by atoms with E-state index < -0.39 is 11.8 Å². The smallest absolute Gasteiger partial charge is 0.270 e. The van der Waals surface area contributed by atoms with Gasteiger partial charge < -0.3 is 4.42 Å².